The van der Waals surface area contributed by atoms with Gasteiger partial charge < -0.3 is 10.1 Å². The normalized spacial score (nSPS) is 13.2. The summed E-state index contributed by atoms with van der Waals surface area (Å²) in [6, 6.07) is 7.54. The van der Waals surface area contributed by atoms with Crippen molar-refractivity contribution >= 4 is 11.6 Å². The summed E-state index contributed by atoms with van der Waals surface area (Å²) in [7, 11) is 0. The van der Waals surface area contributed by atoms with E-state index in [2.05, 4.69) is 5.32 Å². The van der Waals surface area contributed by atoms with Crippen LogP contribution < -0.4 is 10.1 Å². The highest BCUT2D eigenvalue weighted by Crippen LogP contribution is 2.38. The fourth-order valence-corrected chi connectivity index (χ4v) is 2.22. The Morgan fingerprint density at radius 2 is 1.52 bits per heavy atom. The van der Waals surface area contributed by atoms with Gasteiger partial charge in [0.05, 0.1) is 11.1 Å². The van der Waals surface area contributed by atoms with Crippen molar-refractivity contribution in [2.45, 2.75) is 32.3 Å². The van der Waals surface area contributed by atoms with Gasteiger partial charge in [0.2, 0.25) is 0 Å². The average Bonchev–Trinajstić information content (AvgIpc) is 2.52. The van der Waals surface area contributed by atoms with E-state index in [9.17, 15) is 31.1 Å². The minimum absolute atomic E-state index is 0.00958. The van der Waals surface area contributed by atoms with Gasteiger partial charge in [0.15, 0.2) is 6.10 Å². The predicted octanol–water partition coefficient (Wildman–Crippen LogP) is 5.44. The van der Waals surface area contributed by atoms with E-state index in [0.29, 0.717) is 17.8 Å². The van der Waals surface area contributed by atoms with Gasteiger partial charge in [-0.25, -0.2) is 0 Å². The van der Waals surface area contributed by atoms with Crippen molar-refractivity contribution in [1.29, 1.82) is 0 Å². The van der Waals surface area contributed by atoms with Crippen molar-refractivity contribution in [3.8, 4) is 5.75 Å². The Hall–Kier alpha value is -2.71. The lowest BCUT2D eigenvalue weighted by Crippen LogP contribution is -2.30. The van der Waals surface area contributed by atoms with Crippen molar-refractivity contribution in [2.24, 2.45) is 0 Å². The molecule has 3 nitrogen and oxygen atoms in total. The Morgan fingerprint density at radius 3 is 2.00 bits per heavy atom. The third kappa shape index (κ3) is 5.63. The zero-order valence-corrected chi connectivity index (χ0v) is 14.2. The maximum atomic E-state index is 12.9. The van der Waals surface area contributed by atoms with Gasteiger partial charge in [-0.1, -0.05) is 12.1 Å². The molecule has 0 spiro atoms. The molecule has 1 atom stereocenters. The summed E-state index contributed by atoms with van der Waals surface area (Å²) in [5.74, 6) is -1.42. The number of hydrogen-bond donors (Lipinski definition) is 1. The van der Waals surface area contributed by atoms with Gasteiger partial charge >= 0.3 is 12.4 Å². The molecule has 146 valence electrons. The van der Waals surface area contributed by atoms with Crippen LogP contribution in [0.4, 0.5) is 32.0 Å². The molecule has 2 aromatic rings. The molecule has 9 heteroatoms. The number of rotatable bonds is 4. The first-order valence-electron chi connectivity index (χ1n) is 7.70. The van der Waals surface area contributed by atoms with Gasteiger partial charge in [-0.2, -0.15) is 26.3 Å². The van der Waals surface area contributed by atoms with E-state index >= 15 is 0 Å². The average molecular weight is 391 g/mol. The first kappa shape index (κ1) is 20.6. The van der Waals surface area contributed by atoms with E-state index in [1.54, 1.807) is 31.2 Å². The second-order valence-corrected chi connectivity index (χ2v) is 5.86. The zero-order valence-electron chi connectivity index (χ0n) is 14.2. The molecule has 0 saturated heterocycles. The number of amides is 1. The number of carbonyl (C=O) groups is 1. The third-order valence-corrected chi connectivity index (χ3v) is 3.53. The third-order valence-electron chi connectivity index (χ3n) is 3.53. The fraction of sp³-hybridized carbons (Fsp3) is 0.278. The number of halogens is 6. The molecule has 0 aromatic heterocycles. The molecule has 0 bridgehead atoms. The summed E-state index contributed by atoms with van der Waals surface area (Å²) >= 11 is 0. The Balaban J connectivity index is 2.23. The zero-order chi connectivity index (χ0) is 20.4. The van der Waals surface area contributed by atoms with Crippen LogP contribution in [-0.2, 0) is 17.1 Å². The number of aryl methyl sites for hydroxylation is 1. The summed E-state index contributed by atoms with van der Waals surface area (Å²) in [5, 5.41) is 2.48. The van der Waals surface area contributed by atoms with Gasteiger partial charge in [0.1, 0.15) is 5.75 Å². The summed E-state index contributed by atoms with van der Waals surface area (Å²) in [5.41, 5.74) is -1.75. The first-order valence-corrected chi connectivity index (χ1v) is 7.70. The Kier molecular flexibility index (Phi) is 5.72. The Labute approximate surface area is 150 Å². The molecule has 27 heavy (non-hydrogen) atoms. The number of alkyl halides is 6. The summed E-state index contributed by atoms with van der Waals surface area (Å²) in [6.45, 7) is 3.01. The van der Waals surface area contributed by atoms with E-state index in [-0.39, 0.29) is 6.07 Å². The quantitative estimate of drug-likeness (QED) is 0.705. The lowest BCUT2D eigenvalue weighted by atomic mass is 10.1. The van der Waals surface area contributed by atoms with Crippen LogP contribution in [0.15, 0.2) is 42.5 Å². The molecular weight excluding hydrogens is 376 g/mol. The summed E-state index contributed by atoms with van der Waals surface area (Å²) in [6.07, 6.45) is -11.3. The van der Waals surface area contributed by atoms with E-state index in [4.69, 9.17) is 4.74 Å². The fourth-order valence-electron chi connectivity index (χ4n) is 2.22. The van der Waals surface area contributed by atoms with Crippen molar-refractivity contribution in [2.75, 3.05) is 5.32 Å². The van der Waals surface area contributed by atoms with Crippen LogP contribution >= 0.6 is 0 Å². The van der Waals surface area contributed by atoms with Crippen LogP contribution in [0, 0.1) is 6.92 Å². The molecule has 2 rings (SSSR count). The molecule has 1 amide bonds. The maximum absolute atomic E-state index is 12.9. The topological polar surface area (TPSA) is 38.3 Å². The van der Waals surface area contributed by atoms with Gasteiger partial charge in [0, 0.05) is 5.69 Å². The van der Waals surface area contributed by atoms with E-state index in [0.717, 1.165) is 5.56 Å². The van der Waals surface area contributed by atoms with Gasteiger partial charge in [-0.05, 0) is 49.7 Å². The van der Waals surface area contributed by atoms with Crippen LogP contribution in [0.25, 0.3) is 0 Å². The van der Waals surface area contributed by atoms with Crippen LogP contribution in [0.3, 0.4) is 0 Å². The van der Waals surface area contributed by atoms with Crippen molar-refractivity contribution in [1.82, 2.24) is 0 Å². The monoisotopic (exact) mass is 391 g/mol. The number of hydrogen-bond acceptors (Lipinski definition) is 2. The van der Waals surface area contributed by atoms with Crippen LogP contribution in [0.2, 0.25) is 0 Å². The van der Waals surface area contributed by atoms with Crippen molar-refractivity contribution in [3.63, 3.8) is 0 Å². The van der Waals surface area contributed by atoms with Crippen LogP contribution in [-0.4, -0.2) is 12.0 Å². The highest BCUT2D eigenvalue weighted by molar-refractivity contribution is 5.94. The van der Waals surface area contributed by atoms with Crippen molar-refractivity contribution < 1.29 is 35.9 Å². The SMILES string of the molecule is Cc1cccc(NC(=O)[C@@H](C)Oc2cc(C(F)(F)F)cc(C(F)(F)F)c2)c1. The summed E-state index contributed by atoms with van der Waals surface area (Å²) in [4.78, 5) is 12.1. The first-order chi connectivity index (χ1) is 12.4. The van der Waals surface area contributed by atoms with Crippen LogP contribution in [0.1, 0.15) is 23.6 Å². The van der Waals surface area contributed by atoms with E-state index in [1.807, 2.05) is 0 Å². The van der Waals surface area contributed by atoms with Gasteiger partial charge in [-0.15, -0.1) is 0 Å². The highest BCUT2D eigenvalue weighted by atomic mass is 19.4. The Bertz CT molecular complexity index is 797. The molecular formula is C18H15F6NO2. The number of ether oxygens (including phenoxy) is 1. The second kappa shape index (κ2) is 7.50. The smallest absolute Gasteiger partial charge is 0.416 e. The molecule has 0 unspecified atom stereocenters. The van der Waals surface area contributed by atoms with E-state index in [1.165, 1.54) is 6.92 Å². The molecule has 0 saturated carbocycles. The molecule has 0 heterocycles. The Morgan fingerprint density at radius 1 is 0.963 bits per heavy atom. The number of anilines is 1. The molecule has 1 N–H and O–H groups in total. The number of carbonyl (C=O) groups excluding carboxylic acids is 1. The molecule has 0 aliphatic heterocycles. The predicted molar refractivity (Wildman–Crippen MR) is 86.3 cm³/mol. The molecule has 2 aromatic carbocycles. The minimum Gasteiger partial charge on any atom is -0.481 e. The number of benzene rings is 2. The number of nitrogens with one attached hydrogen (secondary N) is 1. The van der Waals surface area contributed by atoms with Crippen molar-refractivity contribution in [3.05, 3.63) is 59.2 Å². The largest absolute Gasteiger partial charge is 0.481 e. The molecule has 0 radical (unpaired) electrons. The van der Waals surface area contributed by atoms with E-state index < -0.39 is 41.2 Å². The molecule has 0 aliphatic carbocycles. The highest BCUT2D eigenvalue weighted by Gasteiger charge is 2.37. The van der Waals surface area contributed by atoms with Gasteiger partial charge in [-0.3, -0.25) is 4.79 Å². The standard InChI is InChI=1S/C18H15F6NO2/c1-10-4-3-5-14(6-10)25-16(26)11(2)27-15-8-12(17(19,20)21)7-13(9-15)18(22,23)24/h3-9,11H,1-2H3,(H,25,26)/t11-/m1/s1. The lowest BCUT2D eigenvalue weighted by molar-refractivity contribution is -0.143. The lowest BCUT2D eigenvalue weighted by Gasteiger charge is -2.18. The maximum Gasteiger partial charge on any atom is 0.416 e. The minimum atomic E-state index is -4.99. The summed E-state index contributed by atoms with van der Waals surface area (Å²) < 4.78 is 82.2. The van der Waals surface area contributed by atoms with Gasteiger partial charge in [0.25, 0.3) is 5.91 Å². The molecule has 0 aliphatic rings. The second-order valence-electron chi connectivity index (χ2n) is 5.86. The molecule has 0 fully saturated rings. The van der Waals surface area contributed by atoms with Crippen LogP contribution in [0.5, 0.6) is 5.75 Å².